The number of benzene rings is 2. The molecule has 0 fully saturated rings. The number of methoxy groups -OCH3 is 2. The van der Waals surface area contributed by atoms with Gasteiger partial charge in [-0.05, 0) is 18.2 Å². The highest BCUT2D eigenvalue weighted by atomic mass is 16.6. The van der Waals surface area contributed by atoms with Gasteiger partial charge in [0, 0.05) is 17.7 Å². The van der Waals surface area contributed by atoms with E-state index in [1.165, 1.54) is 19.5 Å². The highest BCUT2D eigenvalue weighted by Gasteiger charge is 2.18. The lowest BCUT2D eigenvalue weighted by molar-refractivity contribution is -0.483. The quantitative estimate of drug-likeness (QED) is 0.415. The van der Waals surface area contributed by atoms with Crippen molar-refractivity contribution in [2.45, 2.75) is 0 Å². The Labute approximate surface area is 149 Å². The molecule has 0 aliphatic rings. The summed E-state index contributed by atoms with van der Waals surface area (Å²) in [5, 5.41) is 12.9. The number of hydrogen-bond acceptors (Lipinski definition) is 6. The maximum Gasteiger partial charge on any atom is 0.316 e. The summed E-state index contributed by atoms with van der Waals surface area (Å²) in [4.78, 5) is 19.2. The van der Waals surface area contributed by atoms with E-state index >= 15 is 0 Å². The fourth-order valence-corrected chi connectivity index (χ4v) is 2.57. The number of ether oxygens (including phenoxy) is 2. The van der Waals surface area contributed by atoms with E-state index in [0.29, 0.717) is 22.9 Å². The van der Waals surface area contributed by atoms with Gasteiger partial charge < -0.3 is 9.47 Å². The van der Waals surface area contributed by atoms with Crippen LogP contribution in [-0.4, -0.2) is 29.1 Å². The van der Waals surface area contributed by atoms with Gasteiger partial charge in [-0.15, -0.1) is 0 Å². The van der Waals surface area contributed by atoms with E-state index in [1.807, 2.05) is 24.3 Å². The molecule has 2 aromatic carbocycles. The number of rotatable bonds is 6. The first-order chi connectivity index (χ1) is 12.6. The molecule has 0 amide bonds. The van der Waals surface area contributed by atoms with Gasteiger partial charge >= 0.3 is 5.69 Å². The van der Waals surface area contributed by atoms with Crippen molar-refractivity contribution in [3.8, 4) is 22.8 Å². The Balaban J connectivity index is 1.92. The molecule has 8 nitrogen and oxygen atoms in total. The van der Waals surface area contributed by atoms with Gasteiger partial charge in [0.1, 0.15) is 17.8 Å². The Kier molecular flexibility index (Phi) is 5.04. The van der Waals surface area contributed by atoms with Crippen molar-refractivity contribution in [1.29, 1.82) is 0 Å². The monoisotopic (exact) mass is 353 g/mol. The lowest BCUT2D eigenvalue weighted by Gasteiger charge is -2.08. The van der Waals surface area contributed by atoms with Crippen LogP contribution in [0, 0.1) is 10.1 Å². The standard InChI is InChI=1S/C18H16N4O4/c1-25-16-6-4-3-5-13(16)14-10-18(20-11-19-14)21-12-7-8-17(26-2)15(9-12)22(23)24/h3-11H,1-2H3,(H,19,20,21)/p+1. The molecule has 0 aliphatic heterocycles. The van der Waals surface area contributed by atoms with Crippen molar-refractivity contribution in [3.05, 3.63) is 65.0 Å². The minimum absolute atomic E-state index is 0.0970. The van der Waals surface area contributed by atoms with Gasteiger partial charge in [0.05, 0.1) is 30.9 Å². The minimum Gasteiger partial charge on any atom is -0.496 e. The first kappa shape index (κ1) is 17.3. The van der Waals surface area contributed by atoms with E-state index in [2.05, 4.69) is 9.97 Å². The van der Waals surface area contributed by atoms with Crippen LogP contribution in [0.15, 0.2) is 54.9 Å². The van der Waals surface area contributed by atoms with Crippen molar-refractivity contribution < 1.29 is 19.7 Å². The zero-order valence-corrected chi connectivity index (χ0v) is 14.2. The number of nitrogens with two attached hydrogens (primary N) is 1. The second-order valence-electron chi connectivity index (χ2n) is 5.36. The molecule has 1 aromatic heterocycles. The van der Waals surface area contributed by atoms with Crippen LogP contribution in [0.5, 0.6) is 11.5 Å². The summed E-state index contributed by atoms with van der Waals surface area (Å²) in [6.07, 6.45) is 1.45. The lowest BCUT2D eigenvalue weighted by atomic mass is 10.1. The van der Waals surface area contributed by atoms with Crippen LogP contribution in [0.3, 0.4) is 0 Å². The third-order valence-electron chi connectivity index (χ3n) is 3.79. The first-order valence-electron chi connectivity index (χ1n) is 7.75. The van der Waals surface area contributed by atoms with Crippen LogP contribution in [0.2, 0.25) is 0 Å². The van der Waals surface area contributed by atoms with Gasteiger partial charge in [-0.3, -0.25) is 15.4 Å². The van der Waals surface area contributed by atoms with E-state index in [4.69, 9.17) is 9.47 Å². The van der Waals surface area contributed by atoms with Crippen molar-refractivity contribution in [2.75, 3.05) is 14.2 Å². The average Bonchev–Trinajstić information content (AvgIpc) is 2.68. The van der Waals surface area contributed by atoms with Crippen LogP contribution in [0.1, 0.15) is 0 Å². The van der Waals surface area contributed by atoms with Crippen LogP contribution in [0.4, 0.5) is 17.2 Å². The van der Waals surface area contributed by atoms with E-state index in [-0.39, 0.29) is 11.4 Å². The summed E-state index contributed by atoms with van der Waals surface area (Å²) in [6, 6.07) is 14.1. The Bertz CT molecular complexity index is 946. The fraction of sp³-hybridized carbons (Fsp3) is 0.111. The summed E-state index contributed by atoms with van der Waals surface area (Å²) in [5.74, 6) is 1.54. The molecule has 0 atom stereocenters. The van der Waals surface area contributed by atoms with Gasteiger partial charge in [-0.2, -0.15) is 4.98 Å². The molecule has 0 saturated carbocycles. The molecular formula is C18H17N4O4+. The van der Waals surface area contributed by atoms with E-state index in [9.17, 15) is 10.1 Å². The first-order valence-corrected chi connectivity index (χ1v) is 7.75. The largest absolute Gasteiger partial charge is 0.496 e. The second kappa shape index (κ2) is 7.58. The highest BCUT2D eigenvalue weighted by molar-refractivity contribution is 5.68. The maximum atomic E-state index is 11.2. The van der Waals surface area contributed by atoms with Crippen molar-refractivity contribution >= 4 is 17.2 Å². The highest BCUT2D eigenvalue weighted by Crippen LogP contribution is 2.29. The number of nitro benzene ring substituents is 1. The normalized spacial score (nSPS) is 10.4. The Morgan fingerprint density at radius 1 is 1.00 bits per heavy atom. The summed E-state index contributed by atoms with van der Waals surface area (Å²) in [6.45, 7) is 0. The van der Waals surface area contributed by atoms with Crippen LogP contribution >= 0.6 is 0 Å². The predicted octanol–water partition coefficient (Wildman–Crippen LogP) is 2.60. The zero-order chi connectivity index (χ0) is 18.5. The number of nitro groups is 1. The third-order valence-corrected chi connectivity index (χ3v) is 3.79. The smallest absolute Gasteiger partial charge is 0.316 e. The van der Waals surface area contributed by atoms with Crippen molar-refractivity contribution in [3.63, 3.8) is 0 Å². The Hall–Kier alpha value is -3.52. The molecule has 3 aromatic rings. The molecule has 0 aliphatic carbocycles. The fourth-order valence-electron chi connectivity index (χ4n) is 2.57. The molecule has 1 heterocycles. The summed E-state index contributed by atoms with van der Waals surface area (Å²) in [5.41, 5.74) is 2.09. The Morgan fingerprint density at radius 2 is 1.77 bits per heavy atom. The summed E-state index contributed by atoms with van der Waals surface area (Å²) < 4.78 is 10.4. The number of hydrogen-bond donors (Lipinski definition) is 1. The molecule has 26 heavy (non-hydrogen) atoms. The molecule has 132 valence electrons. The van der Waals surface area contributed by atoms with Crippen LogP contribution < -0.4 is 14.8 Å². The molecule has 0 radical (unpaired) electrons. The topological polar surface area (TPSA) is 104 Å². The van der Waals surface area contributed by atoms with Gasteiger partial charge in [-0.1, -0.05) is 12.1 Å². The van der Waals surface area contributed by atoms with Crippen LogP contribution in [0.25, 0.3) is 11.3 Å². The Morgan fingerprint density at radius 3 is 2.50 bits per heavy atom. The van der Waals surface area contributed by atoms with Gasteiger partial charge in [-0.25, -0.2) is 4.98 Å². The molecule has 0 saturated heterocycles. The molecular weight excluding hydrogens is 336 g/mol. The number of nitrogens with zero attached hydrogens (tertiary/aromatic N) is 3. The summed E-state index contributed by atoms with van der Waals surface area (Å²) in [7, 11) is 3.00. The zero-order valence-electron chi connectivity index (χ0n) is 14.2. The van der Waals surface area contributed by atoms with E-state index in [0.717, 1.165) is 5.56 Å². The van der Waals surface area contributed by atoms with Crippen LogP contribution in [-0.2, 0) is 0 Å². The third kappa shape index (κ3) is 3.60. The number of aromatic nitrogens is 2. The van der Waals surface area contributed by atoms with Crippen molar-refractivity contribution in [1.82, 2.24) is 9.97 Å². The van der Waals surface area contributed by atoms with Gasteiger partial charge in [0.2, 0.25) is 5.82 Å². The minimum atomic E-state index is -0.476. The number of para-hydroxylation sites is 1. The maximum absolute atomic E-state index is 11.2. The van der Waals surface area contributed by atoms with E-state index < -0.39 is 4.92 Å². The molecule has 3 rings (SSSR count). The van der Waals surface area contributed by atoms with Crippen molar-refractivity contribution in [2.24, 2.45) is 0 Å². The molecule has 2 N–H and O–H groups in total. The van der Waals surface area contributed by atoms with E-state index in [1.54, 1.807) is 30.6 Å². The lowest BCUT2D eigenvalue weighted by Crippen LogP contribution is -2.71. The van der Waals surface area contributed by atoms with Gasteiger partial charge in [0.25, 0.3) is 0 Å². The molecule has 8 heteroatoms. The second-order valence-corrected chi connectivity index (χ2v) is 5.36. The number of quaternary nitrogens is 1. The molecule has 0 bridgehead atoms. The molecule has 0 unspecified atom stereocenters. The predicted molar refractivity (Wildman–Crippen MR) is 94.9 cm³/mol. The molecule has 0 spiro atoms. The SMILES string of the molecule is COc1ccccc1-c1cc([NH2+]c2ccc(OC)c([N+](=O)[O-])c2)ncn1. The average molecular weight is 353 g/mol. The summed E-state index contributed by atoms with van der Waals surface area (Å²) >= 11 is 0. The van der Waals surface area contributed by atoms with Gasteiger partial charge in [0.15, 0.2) is 5.75 Å².